The number of aromatic nitrogens is 1. The number of fused-ring (bicyclic) bond motifs is 1. The van der Waals surface area contributed by atoms with Crippen molar-refractivity contribution >= 4 is 28.2 Å². The number of oxazole rings is 1. The molecule has 3 aromatic rings. The number of hydrogen-bond donors (Lipinski definition) is 3. The van der Waals surface area contributed by atoms with Gasteiger partial charge in [-0.3, -0.25) is 4.98 Å². The van der Waals surface area contributed by atoms with E-state index < -0.39 is 5.76 Å². The fourth-order valence-electron chi connectivity index (χ4n) is 2.10. The van der Waals surface area contributed by atoms with Crippen LogP contribution < -0.4 is 16.8 Å². The normalized spacial score (nSPS) is 10.8. The first-order chi connectivity index (χ1) is 9.65. The third-order valence-corrected chi connectivity index (χ3v) is 3.23. The minimum Gasteiger partial charge on any atom is -0.408 e. The quantitative estimate of drug-likeness (QED) is 0.638. The molecule has 0 aliphatic rings. The molecular weight excluding hydrogens is 254 g/mol. The first kappa shape index (κ1) is 12.3. The largest absolute Gasteiger partial charge is 0.417 e. The molecule has 3 rings (SSSR count). The van der Waals surface area contributed by atoms with Crippen LogP contribution in [-0.4, -0.2) is 4.98 Å². The van der Waals surface area contributed by atoms with Crippen molar-refractivity contribution in [3.8, 4) is 0 Å². The van der Waals surface area contributed by atoms with Gasteiger partial charge in [-0.15, -0.1) is 0 Å². The maximum Gasteiger partial charge on any atom is 0.417 e. The van der Waals surface area contributed by atoms with E-state index in [9.17, 15) is 4.79 Å². The Labute approximate surface area is 115 Å². The fraction of sp³-hybridized carbons (Fsp3) is 0.133. The molecule has 4 N–H and O–H groups in total. The van der Waals surface area contributed by atoms with Gasteiger partial charge in [0.1, 0.15) is 0 Å². The van der Waals surface area contributed by atoms with Crippen molar-refractivity contribution in [1.82, 2.24) is 4.98 Å². The molecule has 0 saturated carbocycles. The summed E-state index contributed by atoms with van der Waals surface area (Å²) in [6, 6.07) is 11.5. The van der Waals surface area contributed by atoms with Crippen LogP contribution in [0.25, 0.3) is 11.1 Å². The fourth-order valence-corrected chi connectivity index (χ4v) is 2.10. The van der Waals surface area contributed by atoms with Gasteiger partial charge in [0, 0.05) is 11.8 Å². The summed E-state index contributed by atoms with van der Waals surface area (Å²) in [6.07, 6.45) is 1.00. The van der Waals surface area contributed by atoms with E-state index in [0.717, 1.165) is 17.8 Å². The zero-order chi connectivity index (χ0) is 14.1. The van der Waals surface area contributed by atoms with Gasteiger partial charge in [-0.05, 0) is 30.2 Å². The molecule has 1 aromatic heterocycles. The number of hydrogen-bond acceptors (Lipinski definition) is 4. The van der Waals surface area contributed by atoms with Crippen molar-refractivity contribution in [3.63, 3.8) is 0 Å². The molecule has 0 fully saturated rings. The predicted octanol–water partition coefficient (Wildman–Crippen LogP) is 3.01. The summed E-state index contributed by atoms with van der Waals surface area (Å²) in [6.45, 7) is 2.11. The van der Waals surface area contributed by atoms with Crippen LogP contribution in [0.5, 0.6) is 0 Å². The Morgan fingerprint density at radius 3 is 2.70 bits per heavy atom. The van der Waals surface area contributed by atoms with E-state index in [1.54, 1.807) is 12.1 Å². The van der Waals surface area contributed by atoms with Crippen LogP contribution in [-0.2, 0) is 6.42 Å². The zero-order valence-electron chi connectivity index (χ0n) is 11.1. The van der Waals surface area contributed by atoms with Crippen LogP contribution in [0.3, 0.4) is 0 Å². The Morgan fingerprint density at radius 1 is 1.25 bits per heavy atom. The molecule has 5 nitrogen and oxygen atoms in total. The molecule has 5 heteroatoms. The highest BCUT2D eigenvalue weighted by Gasteiger charge is 2.07. The Kier molecular flexibility index (Phi) is 2.95. The molecule has 0 spiro atoms. The number of nitrogens with two attached hydrogens (primary N) is 1. The second-order valence-electron chi connectivity index (χ2n) is 4.63. The monoisotopic (exact) mass is 269 g/mol. The van der Waals surface area contributed by atoms with Gasteiger partial charge in [0.15, 0.2) is 5.58 Å². The van der Waals surface area contributed by atoms with Gasteiger partial charge in [-0.1, -0.05) is 19.1 Å². The molecule has 2 aromatic carbocycles. The number of nitrogens with one attached hydrogen (secondary N) is 2. The smallest absolute Gasteiger partial charge is 0.408 e. The lowest BCUT2D eigenvalue weighted by Crippen LogP contribution is -1.96. The predicted molar refractivity (Wildman–Crippen MR) is 80.3 cm³/mol. The third-order valence-electron chi connectivity index (χ3n) is 3.23. The van der Waals surface area contributed by atoms with Crippen LogP contribution in [0.15, 0.2) is 45.6 Å². The number of rotatable bonds is 3. The first-order valence-electron chi connectivity index (χ1n) is 6.44. The van der Waals surface area contributed by atoms with E-state index in [0.29, 0.717) is 16.8 Å². The minimum absolute atomic E-state index is 0.458. The van der Waals surface area contributed by atoms with Gasteiger partial charge < -0.3 is 15.5 Å². The van der Waals surface area contributed by atoms with E-state index in [1.807, 2.05) is 12.1 Å². The number of aryl methyl sites for hydroxylation is 1. The highest BCUT2D eigenvalue weighted by atomic mass is 16.4. The second kappa shape index (κ2) is 4.77. The Balaban J connectivity index is 1.96. The molecule has 20 heavy (non-hydrogen) atoms. The van der Waals surface area contributed by atoms with Crippen molar-refractivity contribution in [2.24, 2.45) is 0 Å². The summed E-state index contributed by atoms with van der Waals surface area (Å²) in [5.41, 5.74) is 10.5. The molecular formula is C15H15N3O2. The standard InChI is InChI=1S/C15H15N3O2/c1-2-9-3-5-10(6-4-9)17-12-8-13-14(7-11(12)16)20-15(19)18-13/h3-8,17H,2,16H2,1H3,(H,18,19). The Bertz CT molecular complexity index is 800. The Morgan fingerprint density at radius 2 is 2.00 bits per heavy atom. The number of anilines is 3. The van der Waals surface area contributed by atoms with E-state index >= 15 is 0 Å². The van der Waals surface area contributed by atoms with Crippen molar-refractivity contribution in [2.45, 2.75) is 13.3 Å². The van der Waals surface area contributed by atoms with Crippen LogP contribution in [0.1, 0.15) is 12.5 Å². The highest BCUT2D eigenvalue weighted by molar-refractivity contribution is 5.87. The van der Waals surface area contributed by atoms with Crippen molar-refractivity contribution in [3.05, 3.63) is 52.5 Å². The average molecular weight is 269 g/mol. The van der Waals surface area contributed by atoms with Crippen LogP contribution in [0.4, 0.5) is 17.1 Å². The van der Waals surface area contributed by atoms with Gasteiger partial charge in [0.2, 0.25) is 0 Å². The number of nitrogen functional groups attached to an aromatic ring is 1. The summed E-state index contributed by atoms with van der Waals surface area (Å²) in [4.78, 5) is 13.8. The molecule has 1 heterocycles. The second-order valence-corrected chi connectivity index (χ2v) is 4.63. The topological polar surface area (TPSA) is 84.0 Å². The van der Waals surface area contributed by atoms with E-state index in [1.165, 1.54) is 5.56 Å². The van der Waals surface area contributed by atoms with Crippen LogP contribution >= 0.6 is 0 Å². The molecule has 0 aliphatic carbocycles. The van der Waals surface area contributed by atoms with E-state index in [-0.39, 0.29) is 0 Å². The van der Waals surface area contributed by atoms with Gasteiger partial charge in [-0.2, -0.15) is 0 Å². The summed E-state index contributed by atoms with van der Waals surface area (Å²) < 4.78 is 4.97. The van der Waals surface area contributed by atoms with Crippen LogP contribution in [0, 0.1) is 0 Å². The molecule has 0 aliphatic heterocycles. The molecule has 102 valence electrons. The molecule has 0 saturated heterocycles. The van der Waals surface area contributed by atoms with Gasteiger partial charge in [0.05, 0.1) is 16.9 Å². The molecule has 0 amide bonds. The Hall–Kier alpha value is -2.69. The third kappa shape index (κ3) is 2.25. The minimum atomic E-state index is -0.483. The van der Waals surface area contributed by atoms with Crippen LogP contribution in [0.2, 0.25) is 0 Å². The molecule has 0 radical (unpaired) electrons. The van der Waals surface area contributed by atoms with Gasteiger partial charge in [-0.25, -0.2) is 4.79 Å². The van der Waals surface area contributed by atoms with Crippen molar-refractivity contribution < 1.29 is 4.42 Å². The van der Waals surface area contributed by atoms with E-state index in [2.05, 4.69) is 29.4 Å². The maximum absolute atomic E-state index is 11.2. The van der Waals surface area contributed by atoms with Gasteiger partial charge in [0.25, 0.3) is 0 Å². The summed E-state index contributed by atoms with van der Waals surface area (Å²) in [5, 5.41) is 3.24. The number of H-pyrrole nitrogens is 1. The molecule has 0 unspecified atom stereocenters. The van der Waals surface area contributed by atoms with Crippen molar-refractivity contribution in [2.75, 3.05) is 11.1 Å². The summed E-state index contributed by atoms with van der Waals surface area (Å²) in [5.74, 6) is -0.483. The lowest BCUT2D eigenvalue weighted by atomic mass is 10.1. The summed E-state index contributed by atoms with van der Waals surface area (Å²) in [7, 11) is 0. The lowest BCUT2D eigenvalue weighted by molar-refractivity contribution is 0.555. The van der Waals surface area contributed by atoms with E-state index in [4.69, 9.17) is 10.2 Å². The maximum atomic E-state index is 11.2. The summed E-state index contributed by atoms with van der Waals surface area (Å²) >= 11 is 0. The first-order valence-corrected chi connectivity index (χ1v) is 6.44. The highest BCUT2D eigenvalue weighted by Crippen LogP contribution is 2.27. The van der Waals surface area contributed by atoms with Gasteiger partial charge >= 0.3 is 5.76 Å². The van der Waals surface area contributed by atoms with Crippen molar-refractivity contribution in [1.29, 1.82) is 0 Å². The number of aromatic amines is 1. The molecule has 0 bridgehead atoms. The lowest BCUT2D eigenvalue weighted by Gasteiger charge is -2.09. The average Bonchev–Trinajstić information content (AvgIpc) is 2.79. The number of benzene rings is 2. The molecule has 0 atom stereocenters. The SMILES string of the molecule is CCc1ccc(Nc2cc3[nH]c(=O)oc3cc2N)cc1. The zero-order valence-corrected chi connectivity index (χ0v) is 11.1.